The number of amides is 1. The van der Waals surface area contributed by atoms with E-state index >= 15 is 0 Å². The molecule has 1 saturated heterocycles. The Morgan fingerprint density at radius 2 is 1.96 bits per heavy atom. The van der Waals surface area contributed by atoms with Crippen molar-refractivity contribution in [1.82, 2.24) is 19.6 Å². The Labute approximate surface area is 160 Å². The Balaban J connectivity index is 1.56. The summed E-state index contributed by atoms with van der Waals surface area (Å²) in [6.45, 7) is 3.72. The summed E-state index contributed by atoms with van der Waals surface area (Å²) in [7, 11) is 1.62. The van der Waals surface area contributed by atoms with Gasteiger partial charge < -0.3 is 9.64 Å². The number of piperazine rings is 1. The molecule has 25 heavy (non-hydrogen) atoms. The minimum absolute atomic E-state index is 0.0669. The van der Waals surface area contributed by atoms with Crippen LogP contribution in [-0.2, 0) is 6.67 Å². The highest BCUT2D eigenvalue weighted by Gasteiger charge is 2.22. The van der Waals surface area contributed by atoms with Crippen molar-refractivity contribution >= 4 is 41.2 Å². The number of carbonyl (C=O) groups excluding carboxylic acids is 1. The molecule has 134 valence electrons. The van der Waals surface area contributed by atoms with Crippen molar-refractivity contribution in [2.45, 2.75) is 11.0 Å². The second-order valence-electron chi connectivity index (χ2n) is 5.62. The van der Waals surface area contributed by atoms with Gasteiger partial charge in [-0.15, -0.1) is 0 Å². The van der Waals surface area contributed by atoms with Crippen LogP contribution in [0.15, 0.2) is 28.6 Å². The van der Waals surface area contributed by atoms with Crippen molar-refractivity contribution in [2.24, 2.45) is 0 Å². The Morgan fingerprint density at radius 1 is 1.28 bits per heavy atom. The number of nitrogens with zero attached hydrogens (tertiary/aromatic N) is 4. The molecule has 1 aliphatic heterocycles. The van der Waals surface area contributed by atoms with Crippen LogP contribution in [0.25, 0.3) is 0 Å². The Kier molecular flexibility index (Phi) is 6.10. The summed E-state index contributed by atoms with van der Waals surface area (Å²) >= 11 is 8.51. The molecule has 9 heteroatoms. The van der Waals surface area contributed by atoms with Crippen molar-refractivity contribution in [3.8, 4) is 5.75 Å². The van der Waals surface area contributed by atoms with Crippen LogP contribution in [0, 0.1) is 3.95 Å². The molecule has 1 amide bonds. The molecular formula is C16H20N4O2S3. The molecule has 3 rings (SSSR count). The van der Waals surface area contributed by atoms with E-state index in [1.807, 2.05) is 40.1 Å². The van der Waals surface area contributed by atoms with E-state index in [9.17, 15) is 4.79 Å². The van der Waals surface area contributed by atoms with Crippen molar-refractivity contribution in [1.29, 1.82) is 0 Å². The summed E-state index contributed by atoms with van der Waals surface area (Å²) in [5.41, 5.74) is 0.695. The Hall–Kier alpha value is -1.42. The molecule has 0 N–H and O–H groups in total. The topological polar surface area (TPSA) is 50.6 Å². The van der Waals surface area contributed by atoms with Gasteiger partial charge in [-0.3, -0.25) is 9.69 Å². The maximum Gasteiger partial charge on any atom is 0.253 e. The third kappa shape index (κ3) is 4.41. The summed E-state index contributed by atoms with van der Waals surface area (Å²) in [4.78, 5) is 16.8. The number of hydrogen-bond donors (Lipinski definition) is 0. The van der Waals surface area contributed by atoms with Crippen LogP contribution >= 0.6 is 35.3 Å². The van der Waals surface area contributed by atoms with Gasteiger partial charge >= 0.3 is 0 Å². The van der Waals surface area contributed by atoms with Crippen LogP contribution in [0.1, 0.15) is 10.4 Å². The molecule has 1 fully saturated rings. The van der Waals surface area contributed by atoms with Gasteiger partial charge in [0.2, 0.25) is 0 Å². The molecule has 0 radical (unpaired) electrons. The first-order chi connectivity index (χ1) is 12.1. The number of thioether (sulfide) groups is 1. The minimum Gasteiger partial charge on any atom is -0.497 e. The maximum absolute atomic E-state index is 12.6. The van der Waals surface area contributed by atoms with Crippen LogP contribution in [0.4, 0.5) is 0 Å². The van der Waals surface area contributed by atoms with Gasteiger partial charge in [0.1, 0.15) is 5.75 Å². The molecule has 6 nitrogen and oxygen atoms in total. The van der Waals surface area contributed by atoms with E-state index in [2.05, 4.69) is 10.00 Å². The average Bonchev–Trinajstić information content (AvgIpc) is 3.01. The van der Waals surface area contributed by atoms with Gasteiger partial charge in [-0.2, -0.15) is 5.10 Å². The molecule has 1 aliphatic rings. The molecule has 0 bridgehead atoms. The second kappa shape index (κ2) is 8.31. The van der Waals surface area contributed by atoms with E-state index < -0.39 is 0 Å². The van der Waals surface area contributed by atoms with Crippen molar-refractivity contribution in [3.63, 3.8) is 0 Å². The van der Waals surface area contributed by atoms with E-state index in [0.717, 1.165) is 27.1 Å². The van der Waals surface area contributed by atoms with Gasteiger partial charge in [-0.1, -0.05) is 23.1 Å². The van der Waals surface area contributed by atoms with E-state index in [0.29, 0.717) is 25.3 Å². The van der Waals surface area contributed by atoms with Crippen LogP contribution in [0.2, 0.25) is 0 Å². The maximum atomic E-state index is 12.6. The third-order valence-corrected chi connectivity index (χ3v) is 6.38. The van der Waals surface area contributed by atoms with Gasteiger partial charge in [-0.25, -0.2) is 4.68 Å². The van der Waals surface area contributed by atoms with Crippen LogP contribution in [-0.4, -0.2) is 65.0 Å². The number of rotatable bonds is 5. The monoisotopic (exact) mass is 396 g/mol. The lowest BCUT2D eigenvalue weighted by Gasteiger charge is -2.34. The predicted molar refractivity (Wildman–Crippen MR) is 103 cm³/mol. The van der Waals surface area contributed by atoms with Crippen LogP contribution < -0.4 is 4.74 Å². The number of ether oxygens (including phenoxy) is 1. The lowest BCUT2D eigenvalue weighted by atomic mass is 10.1. The fourth-order valence-corrected chi connectivity index (χ4v) is 4.39. The van der Waals surface area contributed by atoms with Gasteiger partial charge in [-0.05, 0) is 42.7 Å². The van der Waals surface area contributed by atoms with Crippen molar-refractivity contribution in [2.75, 3.05) is 39.5 Å². The smallest absolute Gasteiger partial charge is 0.253 e. The highest BCUT2D eigenvalue weighted by atomic mass is 32.2. The van der Waals surface area contributed by atoms with Crippen molar-refractivity contribution < 1.29 is 9.53 Å². The van der Waals surface area contributed by atoms with Gasteiger partial charge in [0.25, 0.3) is 5.91 Å². The van der Waals surface area contributed by atoms with Gasteiger partial charge in [0.15, 0.2) is 8.29 Å². The van der Waals surface area contributed by atoms with E-state index in [4.69, 9.17) is 17.0 Å². The molecule has 0 aliphatic carbocycles. The number of aromatic nitrogens is 2. The molecule has 2 aromatic rings. The van der Waals surface area contributed by atoms with Gasteiger partial charge in [0, 0.05) is 31.7 Å². The van der Waals surface area contributed by atoms with E-state index in [-0.39, 0.29) is 5.91 Å². The number of benzene rings is 1. The summed E-state index contributed by atoms with van der Waals surface area (Å²) in [5.74, 6) is 0.822. The molecule has 1 aromatic heterocycles. The molecule has 0 atom stereocenters. The highest BCUT2D eigenvalue weighted by Crippen LogP contribution is 2.19. The highest BCUT2D eigenvalue weighted by molar-refractivity contribution is 8.00. The summed E-state index contributed by atoms with van der Waals surface area (Å²) in [6.07, 6.45) is 2.00. The number of hydrogen-bond acceptors (Lipinski definition) is 7. The Morgan fingerprint density at radius 3 is 2.52 bits per heavy atom. The van der Waals surface area contributed by atoms with Crippen LogP contribution in [0.3, 0.4) is 0 Å². The average molecular weight is 397 g/mol. The molecule has 0 unspecified atom stereocenters. The first-order valence-electron chi connectivity index (χ1n) is 7.88. The summed E-state index contributed by atoms with van der Waals surface area (Å²) < 4.78 is 8.78. The first kappa shape index (κ1) is 18.4. The predicted octanol–water partition coefficient (Wildman–Crippen LogP) is 2.82. The molecule has 0 spiro atoms. The standard InChI is InChI=1S/C16H20N4O2S3/c1-22-13-5-3-12(4-6-13)14(21)19-9-7-18(8-10-19)11-20-16(23)25-15(17-20)24-2/h3-6H,7-11H2,1-2H3. The minimum atomic E-state index is 0.0669. The lowest BCUT2D eigenvalue weighted by molar-refractivity contribution is 0.0585. The van der Waals surface area contributed by atoms with E-state index in [1.54, 1.807) is 18.9 Å². The fourth-order valence-electron chi connectivity index (χ4n) is 2.66. The zero-order valence-electron chi connectivity index (χ0n) is 14.2. The zero-order chi connectivity index (χ0) is 17.8. The number of carbonyl (C=O) groups is 1. The van der Waals surface area contributed by atoms with Gasteiger partial charge in [0.05, 0.1) is 13.8 Å². The molecule has 0 saturated carbocycles. The molecule has 2 heterocycles. The summed E-state index contributed by atoms with van der Waals surface area (Å²) in [6, 6.07) is 7.26. The SMILES string of the molecule is COc1ccc(C(=O)N2CCN(Cn3nc(SC)sc3=S)CC2)cc1. The summed E-state index contributed by atoms with van der Waals surface area (Å²) in [5, 5.41) is 4.50. The fraction of sp³-hybridized carbons (Fsp3) is 0.438. The first-order valence-corrected chi connectivity index (χ1v) is 10.3. The van der Waals surface area contributed by atoms with Crippen molar-refractivity contribution in [3.05, 3.63) is 33.8 Å². The van der Waals surface area contributed by atoms with E-state index in [1.165, 1.54) is 11.3 Å². The zero-order valence-corrected chi connectivity index (χ0v) is 16.6. The molecular weight excluding hydrogens is 376 g/mol. The number of methoxy groups -OCH3 is 1. The normalized spacial score (nSPS) is 15.4. The van der Waals surface area contributed by atoms with Crippen LogP contribution in [0.5, 0.6) is 5.75 Å². The Bertz CT molecular complexity index is 779. The largest absolute Gasteiger partial charge is 0.497 e. The molecule has 1 aromatic carbocycles. The second-order valence-corrected chi connectivity index (χ2v) is 8.29. The lowest BCUT2D eigenvalue weighted by Crippen LogP contribution is -2.49. The third-order valence-electron chi connectivity index (χ3n) is 4.09. The quantitative estimate of drug-likeness (QED) is 0.572.